The van der Waals surface area contributed by atoms with Gasteiger partial charge in [-0.3, -0.25) is 10.3 Å². The number of benzene rings is 2. The molecule has 9 nitrogen and oxygen atoms in total. The molecule has 2 N–H and O–H groups in total. The Hall–Kier alpha value is -4.18. The Morgan fingerprint density at radius 3 is 2.55 bits per heavy atom. The Bertz CT molecular complexity index is 1160. The molecule has 0 bridgehead atoms. The zero-order valence-corrected chi connectivity index (χ0v) is 17.8. The highest BCUT2D eigenvalue weighted by atomic mass is 19.1. The first-order valence-corrected chi connectivity index (χ1v) is 9.85. The van der Waals surface area contributed by atoms with Gasteiger partial charge in [0.15, 0.2) is 5.76 Å². The average molecular weight is 456 g/mol. The lowest BCUT2D eigenvalue weighted by Crippen LogP contribution is -2.14. The van der Waals surface area contributed by atoms with Gasteiger partial charge in [0.2, 0.25) is 0 Å². The molecular formula is C23H21FN2O7. The summed E-state index contributed by atoms with van der Waals surface area (Å²) in [5.41, 5.74) is 3.89. The van der Waals surface area contributed by atoms with Crippen molar-refractivity contribution in [1.82, 2.24) is 10.6 Å². The minimum absolute atomic E-state index is 0.0100. The lowest BCUT2D eigenvalue weighted by molar-refractivity contribution is 0.0600. The second kappa shape index (κ2) is 10.9. The standard InChI is InChI=1S/C23H21FN2O7/c1-3-8-32-25-20(21-12-19(26-33-21)14-4-6-17(24)7-5-14)13-31-18-10-15(22(27)28)9-16(11-18)23(29)30-2/h4-7,9-13,25H,3,8H2,1-2H3,(H,27,28). The van der Waals surface area contributed by atoms with Crippen LogP contribution in [0.5, 0.6) is 5.75 Å². The number of aromatic nitrogens is 1. The van der Waals surface area contributed by atoms with E-state index in [1.54, 1.807) is 18.2 Å². The summed E-state index contributed by atoms with van der Waals surface area (Å²) in [5.74, 6) is -2.01. The average Bonchev–Trinajstić information content (AvgIpc) is 3.31. The van der Waals surface area contributed by atoms with Crippen LogP contribution in [0.2, 0.25) is 0 Å². The van der Waals surface area contributed by atoms with Crippen LogP contribution in [-0.4, -0.2) is 35.9 Å². The minimum Gasteiger partial charge on any atom is -0.478 e. The fourth-order valence-electron chi connectivity index (χ4n) is 2.68. The Balaban J connectivity index is 1.90. The smallest absolute Gasteiger partial charge is 0.338 e. The van der Waals surface area contributed by atoms with Gasteiger partial charge >= 0.3 is 11.9 Å². The molecule has 0 aliphatic carbocycles. The summed E-state index contributed by atoms with van der Waals surface area (Å²) in [6.45, 7) is 2.31. The molecular weight excluding hydrogens is 435 g/mol. The maximum absolute atomic E-state index is 13.2. The van der Waals surface area contributed by atoms with Crippen LogP contribution < -0.4 is 10.2 Å². The second-order valence-electron chi connectivity index (χ2n) is 6.73. The van der Waals surface area contributed by atoms with Crippen molar-refractivity contribution >= 4 is 17.6 Å². The van der Waals surface area contributed by atoms with E-state index in [0.29, 0.717) is 17.9 Å². The van der Waals surface area contributed by atoms with Gasteiger partial charge in [0.25, 0.3) is 0 Å². The first-order valence-electron chi connectivity index (χ1n) is 9.85. The van der Waals surface area contributed by atoms with Gasteiger partial charge in [0.05, 0.1) is 24.8 Å². The van der Waals surface area contributed by atoms with Crippen LogP contribution in [0.15, 0.2) is 59.3 Å². The predicted molar refractivity (Wildman–Crippen MR) is 115 cm³/mol. The van der Waals surface area contributed by atoms with Crippen molar-refractivity contribution in [1.29, 1.82) is 0 Å². The van der Waals surface area contributed by atoms with Gasteiger partial charge in [0, 0.05) is 11.6 Å². The molecule has 0 unspecified atom stereocenters. The number of hydroxylamine groups is 1. The van der Waals surface area contributed by atoms with Crippen molar-refractivity contribution in [3.63, 3.8) is 0 Å². The van der Waals surface area contributed by atoms with Crippen LogP contribution >= 0.6 is 0 Å². The van der Waals surface area contributed by atoms with Gasteiger partial charge < -0.3 is 19.1 Å². The summed E-state index contributed by atoms with van der Waals surface area (Å²) in [5, 5.41) is 13.3. The number of carboxylic acids is 1. The number of carbonyl (C=O) groups excluding carboxylic acids is 1. The lowest BCUT2D eigenvalue weighted by Gasteiger charge is -2.09. The van der Waals surface area contributed by atoms with E-state index in [-0.39, 0.29) is 34.2 Å². The fraction of sp³-hybridized carbons (Fsp3) is 0.174. The van der Waals surface area contributed by atoms with Crippen LogP contribution in [-0.2, 0) is 9.57 Å². The van der Waals surface area contributed by atoms with Crippen molar-refractivity contribution in [3.05, 3.63) is 77.5 Å². The summed E-state index contributed by atoms with van der Waals surface area (Å²) in [7, 11) is 1.19. The van der Waals surface area contributed by atoms with Crippen molar-refractivity contribution in [3.8, 4) is 17.0 Å². The van der Waals surface area contributed by atoms with E-state index in [9.17, 15) is 19.1 Å². The molecule has 3 aromatic rings. The van der Waals surface area contributed by atoms with Gasteiger partial charge in [-0.15, -0.1) is 0 Å². The highest BCUT2D eigenvalue weighted by Crippen LogP contribution is 2.24. The van der Waals surface area contributed by atoms with Crippen LogP contribution in [0.1, 0.15) is 39.8 Å². The monoisotopic (exact) mass is 456 g/mol. The minimum atomic E-state index is -1.24. The molecule has 0 aliphatic rings. The van der Waals surface area contributed by atoms with E-state index in [0.717, 1.165) is 6.42 Å². The largest absolute Gasteiger partial charge is 0.478 e. The summed E-state index contributed by atoms with van der Waals surface area (Å²) in [6, 6.07) is 11.1. The molecule has 1 heterocycles. The molecule has 172 valence electrons. The lowest BCUT2D eigenvalue weighted by atomic mass is 10.1. The molecule has 0 fully saturated rings. The third-order valence-electron chi connectivity index (χ3n) is 4.29. The number of esters is 1. The summed E-state index contributed by atoms with van der Waals surface area (Å²) >= 11 is 0. The molecule has 0 spiro atoms. The number of nitrogens with one attached hydrogen (secondary N) is 1. The van der Waals surface area contributed by atoms with Gasteiger partial charge in [-0.05, 0) is 48.9 Å². The van der Waals surface area contributed by atoms with E-state index in [1.165, 1.54) is 43.7 Å². The normalized spacial score (nSPS) is 11.2. The van der Waals surface area contributed by atoms with Crippen LogP contribution in [0.4, 0.5) is 4.39 Å². The Labute approximate surface area is 188 Å². The van der Waals surface area contributed by atoms with Crippen LogP contribution in [0.3, 0.4) is 0 Å². The molecule has 10 heteroatoms. The number of aromatic carboxylic acids is 1. The Morgan fingerprint density at radius 2 is 1.88 bits per heavy atom. The van der Waals surface area contributed by atoms with Crippen molar-refractivity contribution in [2.75, 3.05) is 13.7 Å². The van der Waals surface area contributed by atoms with Crippen LogP contribution in [0, 0.1) is 5.82 Å². The number of nitrogens with zero attached hydrogens (tertiary/aromatic N) is 1. The van der Waals surface area contributed by atoms with Crippen LogP contribution in [0.25, 0.3) is 17.0 Å². The van der Waals surface area contributed by atoms with Gasteiger partial charge in [-0.25, -0.2) is 14.0 Å². The van der Waals surface area contributed by atoms with E-state index >= 15 is 0 Å². The molecule has 0 aliphatic heterocycles. The Morgan fingerprint density at radius 1 is 1.15 bits per heavy atom. The second-order valence-corrected chi connectivity index (χ2v) is 6.73. The SMILES string of the molecule is CCCONC(=COc1cc(C(=O)O)cc(C(=O)OC)c1)c1cc(-c2ccc(F)cc2)no1. The molecule has 33 heavy (non-hydrogen) atoms. The third-order valence-corrected chi connectivity index (χ3v) is 4.29. The zero-order valence-electron chi connectivity index (χ0n) is 17.8. The van der Waals surface area contributed by atoms with Gasteiger partial charge in [-0.1, -0.05) is 12.1 Å². The first kappa shape index (κ1) is 23.5. The number of halogens is 1. The number of hydrogen-bond donors (Lipinski definition) is 2. The fourth-order valence-corrected chi connectivity index (χ4v) is 2.68. The summed E-state index contributed by atoms with van der Waals surface area (Å²) < 4.78 is 28.8. The topological polar surface area (TPSA) is 120 Å². The highest BCUT2D eigenvalue weighted by Gasteiger charge is 2.15. The third kappa shape index (κ3) is 6.17. The summed E-state index contributed by atoms with van der Waals surface area (Å²) in [4.78, 5) is 28.6. The molecule has 0 radical (unpaired) electrons. The van der Waals surface area contributed by atoms with Gasteiger partial charge in [0.1, 0.15) is 29.2 Å². The number of carbonyl (C=O) groups is 2. The van der Waals surface area contributed by atoms with E-state index < -0.39 is 11.9 Å². The number of carboxylic acid groups (broad SMARTS) is 1. The van der Waals surface area contributed by atoms with Crippen molar-refractivity contribution in [2.24, 2.45) is 0 Å². The van der Waals surface area contributed by atoms with E-state index in [4.69, 9.17) is 14.1 Å². The molecule has 3 rings (SSSR count). The first-order chi connectivity index (χ1) is 15.9. The number of methoxy groups -OCH3 is 1. The quantitative estimate of drug-likeness (QED) is 0.199. The van der Waals surface area contributed by atoms with Gasteiger partial charge in [-0.2, -0.15) is 0 Å². The number of rotatable bonds is 10. The van der Waals surface area contributed by atoms with Crippen molar-refractivity contribution in [2.45, 2.75) is 13.3 Å². The summed E-state index contributed by atoms with van der Waals surface area (Å²) in [6.07, 6.45) is 1.97. The molecule has 2 aromatic carbocycles. The maximum Gasteiger partial charge on any atom is 0.338 e. The molecule has 0 saturated heterocycles. The number of ether oxygens (including phenoxy) is 2. The molecule has 0 saturated carbocycles. The molecule has 1 aromatic heterocycles. The zero-order chi connectivity index (χ0) is 23.8. The highest BCUT2D eigenvalue weighted by molar-refractivity contribution is 5.95. The van der Waals surface area contributed by atoms with E-state index in [2.05, 4.69) is 15.4 Å². The van der Waals surface area contributed by atoms with E-state index in [1.807, 2.05) is 6.92 Å². The molecule has 0 atom stereocenters. The number of hydrogen-bond acceptors (Lipinski definition) is 8. The Kier molecular flexibility index (Phi) is 7.77. The predicted octanol–water partition coefficient (Wildman–Crippen LogP) is 4.27. The molecule has 0 amide bonds. The van der Waals surface area contributed by atoms with Crippen molar-refractivity contribution < 1.29 is 37.9 Å². The maximum atomic E-state index is 13.2.